The molecule has 1 aliphatic heterocycles. The van der Waals surface area contributed by atoms with E-state index in [-0.39, 0.29) is 5.91 Å². The molecule has 2 aromatic rings. The highest BCUT2D eigenvalue weighted by molar-refractivity contribution is 5.74. The van der Waals surface area contributed by atoms with E-state index in [9.17, 15) is 4.79 Å². The number of nitrogens with zero attached hydrogens (tertiary/aromatic N) is 4. The van der Waals surface area contributed by atoms with Gasteiger partial charge in [-0.25, -0.2) is 4.68 Å². The first-order valence-electron chi connectivity index (χ1n) is 6.31. The van der Waals surface area contributed by atoms with Crippen molar-refractivity contribution in [3.8, 4) is 0 Å². The van der Waals surface area contributed by atoms with Crippen molar-refractivity contribution in [2.24, 2.45) is 0 Å². The summed E-state index contributed by atoms with van der Waals surface area (Å²) in [6.45, 7) is 3.26. The van der Waals surface area contributed by atoms with Gasteiger partial charge in [0.25, 0.3) is 0 Å². The molecule has 2 heterocycles. The van der Waals surface area contributed by atoms with Gasteiger partial charge in [0.15, 0.2) is 0 Å². The molecule has 0 N–H and O–H groups in total. The molecule has 1 amide bonds. The van der Waals surface area contributed by atoms with Crippen molar-refractivity contribution < 1.29 is 4.79 Å². The van der Waals surface area contributed by atoms with E-state index in [0.717, 1.165) is 37.0 Å². The van der Waals surface area contributed by atoms with Crippen molar-refractivity contribution in [1.29, 1.82) is 0 Å². The maximum absolute atomic E-state index is 11.3. The fraction of sp³-hybridized carbons (Fsp3) is 0.462. The summed E-state index contributed by atoms with van der Waals surface area (Å²) in [5, 5.41) is 8.43. The van der Waals surface area contributed by atoms with Crippen molar-refractivity contribution in [2.45, 2.75) is 25.8 Å². The summed E-state index contributed by atoms with van der Waals surface area (Å²) in [6.07, 6.45) is 1.90. The average molecular weight is 244 g/mol. The Morgan fingerprint density at radius 3 is 2.72 bits per heavy atom. The number of para-hydroxylation sites is 1. The molecule has 94 valence electrons. The number of amides is 1. The second-order valence-corrected chi connectivity index (χ2v) is 4.76. The topological polar surface area (TPSA) is 51.0 Å². The Morgan fingerprint density at radius 2 is 2.00 bits per heavy atom. The molecule has 1 saturated heterocycles. The van der Waals surface area contributed by atoms with E-state index in [4.69, 9.17) is 0 Å². The number of aromatic nitrogens is 3. The van der Waals surface area contributed by atoms with Crippen LogP contribution in [0.2, 0.25) is 0 Å². The second-order valence-electron chi connectivity index (χ2n) is 4.76. The van der Waals surface area contributed by atoms with E-state index < -0.39 is 0 Å². The van der Waals surface area contributed by atoms with E-state index in [0.29, 0.717) is 6.04 Å². The van der Waals surface area contributed by atoms with Crippen LogP contribution >= 0.6 is 0 Å². The Labute approximate surface area is 105 Å². The van der Waals surface area contributed by atoms with Crippen LogP contribution in [0.15, 0.2) is 24.3 Å². The van der Waals surface area contributed by atoms with Gasteiger partial charge in [0.05, 0.1) is 11.6 Å². The minimum absolute atomic E-state index is 0.164. The lowest BCUT2D eigenvalue weighted by Gasteiger charge is -2.31. The van der Waals surface area contributed by atoms with Gasteiger partial charge in [-0.05, 0) is 25.0 Å². The summed E-state index contributed by atoms with van der Waals surface area (Å²) in [4.78, 5) is 13.2. The molecule has 0 spiro atoms. The number of rotatable bonds is 1. The normalized spacial score (nSPS) is 17.3. The maximum Gasteiger partial charge on any atom is 0.219 e. The third kappa shape index (κ3) is 1.85. The Balaban J connectivity index is 1.82. The predicted octanol–water partition coefficient (Wildman–Crippen LogP) is 1.61. The first-order chi connectivity index (χ1) is 8.75. The summed E-state index contributed by atoms with van der Waals surface area (Å²) in [6, 6.07) is 8.36. The number of carbonyl (C=O) groups is 1. The highest BCUT2D eigenvalue weighted by atomic mass is 16.2. The largest absolute Gasteiger partial charge is 0.343 e. The number of likely N-dealkylation sites (tertiary alicyclic amines) is 1. The Hall–Kier alpha value is -1.91. The number of hydrogen-bond acceptors (Lipinski definition) is 3. The van der Waals surface area contributed by atoms with Crippen LogP contribution in [-0.4, -0.2) is 38.9 Å². The molecule has 0 atom stereocenters. The Bertz CT molecular complexity index is 569. The zero-order chi connectivity index (χ0) is 12.5. The molecule has 5 nitrogen and oxygen atoms in total. The fourth-order valence-corrected chi connectivity index (χ4v) is 2.58. The number of carbonyl (C=O) groups excluding carboxylic acids is 1. The van der Waals surface area contributed by atoms with Crippen LogP contribution in [0.3, 0.4) is 0 Å². The van der Waals surface area contributed by atoms with Crippen LogP contribution in [0.25, 0.3) is 11.0 Å². The molecule has 3 rings (SSSR count). The van der Waals surface area contributed by atoms with Gasteiger partial charge < -0.3 is 4.90 Å². The lowest BCUT2D eigenvalue weighted by molar-refractivity contribution is -0.130. The van der Waals surface area contributed by atoms with Crippen LogP contribution in [0.1, 0.15) is 25.8 Å². The molecule has 0 radical (unpaired) electrons. The molecular weight excluding hydrogens is 228 g/mol. The zero-order valence-corrected chi connectivity index (χ0v) is 10.4. The molecule has 1 aromatic carbocycles. The first kappa shape index (κ1) is 11.2. The molecule has 1 aliphatic rings. The summed E-state index contributed by atoms with van der Waals surface area (Å²) < 4.78 is 2.01. The van der Waals surface area contributed by atoms with E-state index in [2.05, 4.69) is 10.3 Å². The Kier molecular flexibility index (Phi) is 2.74. The SMILES string of the molecule is CC(=O)N1CCC(n2nnc3ccccc32)CC1. The molecular formula is C13H16N4O. The number of benzene rings is 1. The fourth-order valence-electron chi connectivity index (χ4n) is 2.58. The lowest BCUT2D eigenvalue weighted by Crippen LogP contribution is -2.37. The van der Waals surface area contributed by atoms with Crippen LogP contribution in [0, 0.1) is 0 Å². The van der Waals surface area contributed by atoms with Crippen molar-refractivity contribution in [2.75, 3.05) is 13.1 Å². The van der Waals surface area contributed by atoms with Gasteiger partial charge >= 0.3 is 0 Å². The van der Waals surface area contributed by atoms with Gasteiger partial charge in [-0.15, -0.1) is 5.10 Å². The van der Waals surface area contributed by atoms with Gasteiger partial charge in [-0.3, -0.25) is 4.79 Å². The molecule has 1 fully saturated rings. The molecule has 0 aliphatic carbocycles. The summed E-state index contributed by atoms with van der Waals surface area (Å²) in [5.41, 5.74) is 2.02. The number of piperidine rings is 1. The highest BCUT2D eigenvalue weighted by Crippen LogP contribution is 2.25. The van der Waals surface area contributed by atoms with Gasteiger partial charge in [0, 0.05) is 20.0 Å². The van der Waals surface area contributed by atoms with E-state index in [1.165, 1.54) is 0 Å². The van der Waals surface area contributed by atoms with E-state index in [1.807, 2.05) is 33.8 Å². The number of hydrogen-bond donors (Lipinski definition) is 0. The smallest absolute Gasteiger partial charge is 0.219 e. The second kappa shape index (κ2) is 4.40. The molecule has 0 saturated carbocycles. The monoisotopic (exact) mass is 244 g/mol. The average Bonchev–Trinajstić information content (AvgIpc) is 2.82. The van der Waals surface area contributed by atoms with Gasteiger partial charge in [0.2, 0.25) is 5.91 Å². The van der Waals surface area contributed by atoms with Crippen LogP contribution in [0.5, 0.6) is 0 Å². The van der Waals surface area contributed by atoms with E-state index >= 15 is 0 Å². The predicted molar refractivity (Wildman–Crippen MR) is 68.1 cm³/mol. The third-order valence-corrected chi connectivity index (χ3v) is 3.63. The molecule has 0 unspecified atom stereocenters. The minimum atomic E-state index is 0.164. The van der Waals surface area contributed by atoms with Crippen molar-refractivity contribution >= 4 is 16.9 Å². The standard InChI is InChI=1S/C13H16N4O/c1-10(18)16-8-6-11(7-9-16)17-13-5-3-2-4-12(13)14-15-17/h2-5,11H,6-9H2,1H3. The molecule has 5 heteroatoms. The van der Waals surface area contributed by atoms with Crippen molar-refractivity contribution in [1.82, 2.24) is 19.9 Å². The first-order valence-corrected chi connectivity index (χ1v) is 6.31. The maximum atomic E-state index is 11.3. The van der Waals surface area contributed by atoms with Gasteiger partial charge in [-0.2, -0.15) is 0 Å². The van der Waals surface area contributed by atoms with Gasteiger partial charge in [-0.1, -0.05) is 17.3 Å². The summed E-state index contributed by atoms with van der Waals surface area (Å²) in [7, 11) is 0. The van der Waals surface area contributed by atoms with E-state index in [1.54, 1.807) is 6.92 Å². The van der Waals surface area contributed by atoms with Crippen LogP contribution in [0.4, 0.5) is 0 Å². The summed E-state index contributed by atoms with van der Waals surface area (Å²) >= 11 is 0. The van der Waals surface area contributed by atoms with Gasteiger partial charge in [0.1, 0.15) is 5.52 Å². The number of fused-ring (bicyclic) bond motifs is 1. The third-order valence-electron chi connectivity index (χ3n) is 3.63. The van der Waals surface area contributed by atoms with Crippen LogP contribution in [-0.2, 0) is 4.79 Å². The van der Waals surface area contributed by atoms with Crippen molar-refractivity contribution in [3.05, 3.63) is 24.3 Å². The Morgan fingerprint density at radius 1 is 1.28 bits per heavy atom. The molecule has 18 heavy (non-hydrogen) atoms. The minimum Gasteiger partial charge on any atom is -0.343 e. The zero-order valence-electron chi connectivity index (χ0n) is 10.4. The lowest BCUT2D eigenvalue weighted by atomic mass is 10.1. The highest BCUT2D eigenvalue weighted by Gasteiger charge is 2.23. The molecule has 0 bridgehead atoms. The molecule has 1 aromatic heterocycles. The van der Waals surface area contributed by atoms with Crippen molar-refractivity contribution in [3.63, 3.8) is 0 Å². The summed E-state index contributed by atoms with van der Waals surface area (Å²) in [5.74, 6) is 0.164. The van der Waals surface area contributed by atoms with Crippen LogP contribution < -0.4 is 0 Å². The quantitative estimate of drug-likeness (QED) is 0.766.